The van der Waals surface area contributed by atoms with E-state index in [2.05, 4.69) is 21.4 Å². The largest absolute Gasteiger partial charge is 0.153 e. The Bertz CT molecular complexity index is 13.5. The van der Waals surface area contributed by atoms with Gasteiger partial charge in [0.25, 0.3) is 0 Å². The molecule has 0 aliphatic heterocycles. The summed E-state index contributed by atoms with van der Waals surface area (Å²) < 4.78 is 0. The Kier molecular flexibility index (Phi) is 102. The second kappa shape index (κ2) is 25.9. The summed E-state index contributed by atoms with van der Waals surface area (Å²) in [4.78, 5) is 0. The van der Waals surface area contributed by atoms with Gasteiger partial charge in [-0.1, -0.05) is 0 Å². The molecule has 0 aromatic carbocycles. The minimum atomic E-state index is 0. The molecule has 1 unspecified atom stereocenters. The first kappa shape index (κ1) is 23.6. The monoisotopic (exact) mass is 217 g/mol. The zero-order chi connectivity index (χ0) is 2.71. The molecule has 6 heavy (non-hydrogen) atoms. The van der Waals surface area contributed by atoms with Crippen LogP contribution in [0.3, 0.4) is 0 Å². The molecule has 0 aromatic heterocycles. The fourth-order valence-corrected chi connectivity index (χ4v) is 0. The summed E-state index contributed by atoms with van der Waals surface area (Å²) in [7, 11) is 10.1. The Labute approximate surface area is 77.3 Å². The molecule has 33 valence electrons. The molecule has 0 heterocycles. The van der Waals surface area contributed by atoms with Crippen molar-refractivity contribution in [1.29, 1.82) is 0 Å². The molecule has 0 rings (SSSR count). The average molecular weight is 217 g/mol. The summed E-state index contributed by atoms with van der Waals surface area (Å²) in [6.07, 6.45) is 0. The standard InChI is InChI=1S/Cl2S.Ge.Li.H3P/c1-3-2;;;/h;;;1H3. The van der Waals surface area contributed by atoms with Crippen LogP contribution < -0.4 is 0 Å². The smallest absolute Gasteiger partial charge is 0.0523 e. The van der Waals surface area contributed by atoms with Gasteiger partial charge in [-0.3, -0.25) is 0 Å². The average Bonchev–Trinajstić information content (AvgIpc) is 0.918. The Hall–Kier alpha value is 2.50. The van der Waals surface area contributed by atoms with Crippen LogP contribution >= 0.6 is 41.5 Å². The van der Waals surface area contributed by atoms with Gasteiger partial charge >= 0.3 is 0 Å². The number of hydrogen-bond acceptors (Lipinski definition) is 1. The normalized spacial score (nSPS) is 3.00. The summed E-state index contributed by atoms with van der Waals surface area (Å²) in [5.74, 6) is 0. The van der Waals surface area contributed by atoms with Gasteiger partial charge in [-0.15, -0.1) is 0 Å². The summed E-state index contributed by atoms with van der Waals surface area (Å²) >= 11 is 0. The minimum Gasteiger partial charge on any atom is -0.153 e. The molecule has 0 saturated heterocycles. The van der Waals surface area contributed by atoms with Gasteiger partial charge in [0.05, 0.1) is 10.2 Å². The van der Waals surface area contributed by atoms with E-state index in [1.165, 1.54) is 0 Å². The van der Waals surface area contributed by atoms with Crippen LogP contribution in [0.1, 0.15) is 0 Å². The molecule has 0 N–H and O–H groups in total. The third-order valence-corrected chi connectivity index (χ3v) is 0. The number of hydrogen-bond donors (Lipinski definition) is 0. The molecule has 0 nitrogen and oxygen atoms in total. The van der Waals surface area contributed by atoms with E-state index in [1.54, 1.807) is 0 Å². The van der Waals surface area contributed by atoms with E-state index >= 15 is 0 Å². The van der Waals surface area contributed by atoms with E-state index in [-0.39, 0.29) is 46.4 Å². The molecular formula is H3Cl2GeLiPS. The van der Waals surface area contributed by atoms with Crippen LogP contribution in [-0.2, 0) is 0 Å². The first-order chi connectivity index (χ1) is 1.41. The Morgan fingerprint density at radius 2 is 1.17 bits per heavy atom. The summed E-state index contributed by atoms with van der Waals surface area (Å²) in [5.41, 5.74) is 0. The quantitative estimate of drug-likeness (QED) is 0.435. The maximum atomic E-state index is 4.68. The van der Waals surface area contributed by atoms with Crippen molar-refractivity contribution in [3.8, 4) is 0 Å². The molecule has 5 radical (unpaired) electrons. The van der Waals surface area contributed by atoms with Gasteiger partial charge in [-0.25, -0.2) is 0 Å². The number of rotatable bonds is 0. The van der Waals surface area contributed by atoms with Crippen LogP contribution in [0.15, 0.2) is 0 Å². The Balaban J connectivity index is -0.00000000667. The molecule has 0 aliphatic carbocycles. The van der Waals surface area contributed by atoms with E-state index < -0.39 is 0 Å². The molecule has 0 aliphatic rings. The molecular weight excluding hydrogens is 213 g/mol. The van der Waals surface area contributed by atoms with E-state index in [0.717, 1.165) is 0 Å². The van der Waals surface area contributed by atoms with E-state index in [4.69, 9.17) is 0 Å². The van der Waals surface area contributed by atoms with Gasteiger partial charge in [-0.05, 0) is 21.4 Å². The fourth-order valence-electron chi connectivity index (χ4n) is 0. The van der Waals surface area contributed by atoms with Crippen molar-refractivity contribution in [2.24, 2.45) is 0 Å². The zero-order valence-electron chi connectivity index (χ0n) is 3.37. The van der Waals surface area contributed by atoms with E-state index in [9.17, 15) is 0 Å². The maximum absolute atomic E-state index is 4.68. The summed E-state index contributed by atoms with van der Waals surface area (Å²) in [6.45, 7) is 0. The van der Waals surface area contributed by atoms with Crippen LogP contribution in [0.5, 0.6) is 0 Å². The molecule has 1 atom stereocenters. The molecule has 0 fully saturated rings. The second-order valence-corrected chi connectivity index (χ2v) is 1.57. The van der Waals surface area contributed by atoms with Crippen molar-refractivity contribution >= 4 is 77.9 Å². The Morgan fingerprint density at radius 1 is 1.17 bits per heavy atom. The van der Waals surface area contributed by atoms with Crippen molar-refractivity contribution in [2.45, 2.75) is 0 Å². The van der Waals surface area contributed by atoms with Gasteiger partial charge in [0.2, 0.25) is 0 Å². The molecule has 0 saturated carbocycles. The second-order valence-electron chi connectivity index (χ2n) is 0.0583. The maximum Gasteiger partial charge on any atom is 0.0523 e. The fraction of sp³-hybridized carbons (Fsp3) is 0. The molecule has 0 aromatic rings. The van der Waals surface area contributed by atoms with Crippen LogP contribution in [0.4, 0.5) is 0 Å². The van der Waals surface area contributed by atoms with E-state index in [0.29, 0.717) is 10.2 Å². The van der Waals surface area contributed by atoms with Crippen molar-refractivity contribution in [1.82, 2.24) is 0 Å². The van der Waals surface area contributed by atoms with Gasteiger partial charge in [0, 0.05) is 36.5 Å². The van der Waals surface area contributed by atoms with Gasteiger partial charge in [0.15, 0.2) is 0 Å². The molecule has 0 bridgehead atoms. The van der Waals surface area contributed by atoms with Gasteiger partial charge in [-0.2, -0.15) is 9.90 Å². The first-order valence-corrected chi connectivity index (χ1v) is 2.78. The predicted octanol–water partition coefficient (Wildman–Crippen LogP) is 1.32. The summed E-state index contributed by atoms with van der Waals surface area (Å²) in [6, 6.07) is 0. The molecule has 6 heteroatoms. The molecule has 0 amide bonds. The van der Waals surface area contributed by atoms with Crippen LogP contribution in [0.2, 0.25) is 0 Å². The number of halogens is 2. The predicted molar refractivity (Wildman–Crippen MR) is 41.9 cm³/mol. The van der Waals surface area contributed by atoms with Gasteiger partial charge in [0.1, 0.15) is 0 Å². The van der Waals surface area contributed by atoms with Gasteiger partial charge < -0.3 is 0 Å². The Morgan fingerprint density at radius 3 is 1.17 bits per heavy atom. The van der Waals surface area contributed by atoms with E-state index in [1.807, 2.05) is 0 Å². The van der Waals surface area contributed by atoms with Crippen molar-refractivity contribution in [2.75, 3.05) is 0 Å². The zero-order valence-corrected chi connectivity index (χ0v) is 9.21. The van der Waals surface area contributed by atoms with Crippen molar-refractivity contribution in [3.05, 3.63) is 0 Å². The van der Waals surface area contributed by atoms with Crippen molar-refractivity contribution < 1.29 is 0 Å². The topological polar surface area (TPSA) is 0 Å². The van der Waals surface area contributed by atoms with Crippen LogP contribution in [-0.4, -0.2) is 36.5 Å². The third kappa shape index (κ3) is 31.5. The van der Waals surface area contributed by atoms with Crippen LogP contribution in [0, 0.1) is 0 Å². The minimum absolute atomic E-state index is 0. The SMILES string of the molecule is ClSCl.P.[Ge].[Li]. The van der Waals surface area contributed by atoms with Crippen molar-refractivity contribution in [3.63, 3.8) is 0 Å². The third-order valence-electron chi connectivity index (χ3n) is 0. The molecule has 0 spiro atoms. The first-order valence-electron chi connectivity index (χ1n) is 0.309. The van der Waals surface area contributed by atoms with Crippen LogP contribution in [0.25, 0.3) is 0 Å². The summed E-state index contributed by atoms with van der Waals surface area (Å²) in [5, 5.41) is 0.